The lowest BCUT2D eigenvalue weighted by atomic mass is 10.2. The van der Waals surface area contributed by atoms with Gasteiger partial charge in [0.15, 0.2) is 16.7 Å². The lowest BCUT2D eigenvalue weighted by Gasteiger charge is -2.15. The first-order valence-electron chi connectivity index (χ1n) is 9.86. The number of hydrogen-bond acceptors (Lipinski definition) is 6. The molecule has 0 saturated heterocycles. The van der Waals surface area contributed by atoms with Crippen LogP contribution in [0.25, 0.3) is 10.9 Å². The SMILES string of the molecule is COc1ccccc1Cn1c(SCc2ccc3c(c2)OCO3)nc2ccccc2c1=O. The fourth-order valence-corrected chi connectivity index (χ4v) is 4.52. The number of rotatable bonds is 6. The molecule has 2 heterocycles. The summed E-state index contributed by atoms with van der Waals surface area (Å²) in [6, 6.07) is 21.0. The Kier molecular flexibility index (Phi) is 5.26. The lowest BCUT2D eigenvalue weighted by molar-refractivity contribution is 0.174. The van der Waals surface area contributed by atoms with Crippen molar-refractivity contribution in [3.63, 3.8) is 0 Å². The minimum absolute atomic E-state index is 0.0651. The highest BCUT2D eigenvalue weighted by Crippen LogP contribution is 2.34. The van der Waals surface area contributed by atoms with Crippen LogP contribution >= 0.6 is 11.8 Å². The summed E-state index contributed by atoms with van der Waals surface area (Å²) in [5, 5.41) is 1.26. The molecule has 6 nitrogen and oxygen atoms in total. The molecule has 0 fully saturated rings. The number of aromatic nitrogens is 2. The second kappa shape index (κ2) is 8.35. The maximum absolute atomic E-state index is 13.4. The van der Waals surface area contributed by atoms with Gasteiger partial charge < -0.3 is 14.2 Å². The molecule has 1 aliphatic rings. The molecule has 0 N–H and O–H groups in total. The summed E-state index contributed by atoms with van der Waals surface area (Å²) in [6.07, 6.45) is 0. The van der Waals surface area contributed by atoms with E-state index in [1.165, 1.54) is 11.8 Å². The Balaban J connectivity index is 1.52. The van der Waals surface area contributed by atoms with E-state index in [4.69, 9.17) is 19.2 Å². The zero-order chi connectivity index (χ0) is 21.2. The third kappa shape index (κ3) is 3.84. The van der Waals surface area contributed by atoms with E-state index < -0.39 is 0 Å². The van der Waals surface area contributed by atoms with Crippen molar-refractivity contribution >= 4 is 22.7 Å². The van der Waals surface area contributed by atoms with E-state index in [0.717, 1.165) is 28.4 Å². The Labute approximate surface area is 183 Å². The van der Waals surface area contributed by atoms with Crippen molar-refractivity contribution in [2.75, 3.05) is 13.9 Å². The first kappa shape index (κ1) is 19.5. The van der Waals surface area contributed by atoms with Gasteiger partial charge in [-0.3, -0.25) is 9.36 Å². The highest BCUT2D eigenvalue weighted by Gasteiger charge is 2.16. The Hall–Kier alpha value is -3.45. The van der Waals surface area contributed by atoms with Gasteiger partial charge in [0.05, 0.1) is 24.6 Å². The van der Waals surface area contributed by atoms with Crippen molar-refractivity contribution in [3.05, 3.63) is 88.2 Å². The maximum Gasteiger partial charge on any atom is 0.262 e. The van der Waals surface area contributed by atoms with Crippen LogP contribution in [-0.2, 0) is 12.3 Å². The minimum atomic E-state index is -0.0651. The van der Waals surface area contributed by atoms with Gasteiger partial charge in [-0.1, -0.05) is 48.2 Å². The number of nitrogens with zero attached hydrogens (tertiary/aromatic N) is 2. The van der Waals surface area contributed by atoms with E-state index in [1.54, 1.807) is 11.7 Å². The number of hydrogen-bond donors (Lipinski definition) is 0. The van der Waals surface area contributed by atoms with E-state index in [9.17, 15) is 4.79 Å². The first-order chi connectivity index (χ1) is 15.2. The van der Waals surface area contributed by atoms with Gasteiger partial charge in [-0.2, -0.15) is 0 Å². The van der Waals surface area contributed by atoms with Crippen molar-refractivity contribution in [1.29, 1.82) is 0 Å². The predicted octanol–water partition coefficient (Wildman–Crippen LogP) is 4.47. The van der Waals surface area contributed by atoms with Crippen molar-refractivity contribution in [3.8, 4) is 17.2 Å². The lowest BCUT2D eigenvalue weighted by Crippen LogP contribution is -2.24. The largest absolute Gasteiger partial charge is 0.496 e. The van der Waals surface area contributed by atoms with Crippen LogP contribution in [0.5, 0.6) is 17.2 Å². The molecular weight excluding hydrogens is 412 g/mol. The zero-order valence-electron chi connectivity index (χ0n) is 16.9. The Bertz CT molecular complexity index is 1320. The third-order valence-corrected chi connectivity index (χ3v) is 6.20. The van der Waals surface area contributed by atoms with Crippen LogP contribution in [0.3, 0.4) is 0 Å². The van der Waals surface area contributed by atoms with Crippen LogP contribution in [0.15, 0.2) is 76.7 Å². The summed E-state index contributed by atoms with van der Waals surface area (Å²) in [5.41, 5.74) is 2.62. The molecule has 0 bridgehead atoms. The molecule has 1 aliphatic heterocycles. The Morgan fingerprint density at radius 2 is 1.84 bits per heavy atom. The average molecular weight is 433 g/mol. The molecule has 0 radical (unpaired) electrons. The highest BCUT2D eigenvalue weighted by atomic mass is 32.2. The molecule has 0 saturated carbocycles. The molecule has 0 spiro atoms. The number of methoxy groups -OCH3 is 1. The van der Waals surface area contributed by atoms with Gasteiger partial charge in [0, 0.05) is 11.3 Å². The zero-order valence-corrected chi connectivity index (χ0v) is 17.7. The number of thioether (sulfide) groups is 1. The quantitative estimate of drug-likeness (QED) is 0.331. The molecule has 7 heteroatoms. The van der Waals surface area contributed by atoms with Crippen molar-refractivity contribution < 1.29 is 14.2 Å². The molecule has 0 unspecified atom stereocenters. The number of benzene rings is 3. The fraction of sp³-hybridized carbons (Fsp3) is 0.167. The second-order valence-corrected chi connectivity index (χ2v) is 8.03. The van der Waals surface area contributed by atoms with Crippen LogP contribution in [-0.4, -0.2) is 23.5 Å². The fourth-order valence-electron chi connectivity index (χ4n) is 3.58. The van der Waals surface area contributed by atoms with E-state index >= 15 is 0 Å². The first-order valence-corrected chi connectivity index (χ1v) is 10.8. The van der Waals surface area contributed by atoms with Gasteiger partial charge >= 0.3 is 0 Å². The molecule has 31 heavy (non-hydrogen) atoms. The predicted molar refractivity (Wildman–Crippen MR) is 120 cm³/mol. The van der Waals surface area contributed by atoms with Gasteiger partial charge in [0.25, 0.3) is 5.56 Å². The van der Waals surface area contributed by atoms with Gasteiger partial charge in [0.2, 0.25) is 6.79 Å². The second-order valence-electron chi connectivity index (χ2n) is 7.09. The van der Waals surface area contributed by atoms with Crippen molar-refractivity contribution in [2.45, 2.75) is 17.5 Å². The van der Waals surface area contributed by atoms with Crippen molar-refractivity contribution in [1.82, 2.24) is 9.55 Å². The maximum atomic E-state index is 13.4. The molecule has 1 aromatic heterocycles. The molecular formula is C24H20N2O4S. The smallest absolute Gasteiger partial charge is 0.262 e. The molecule has 0 atom stereocenters. The van der Waals surface area contributed by atoms with Gasteiger partial charge in [-0.25, -0.2) is 4.98 Å². The van der Waals surface area contributed by atoms with E-state index in [1.807, 2.05) is 66.7 Å². The van der Waals surface area contributed by atoms with E-state index in [2.05, 4.69) is 0 Å². The summed E-state index contributed by atoms with van der Waals surface area (Å²) in [4.78, 5) is 18.2. The summed E-state index contributed by atoms with van der Waals surface area (Å²) in [7, 11) is 1.63. The van der Waals surface area contributed by atoms with Crippen LogP contribution in [0, 0.1) is 0 Å². The summed E-state index contributed by atoms with van der Waals surface area (Å²) < 4.78 is 18.1. The summed E-state index contributed by atoms with van der Waals surface area (Å²) in [6.45, 7) is 0.626. The van der Waals surface area contributed by atoms with Crippen LogP contribution in [0.1, 0.15) is 11.1 Å². The highest BCUT2D eigenvalue weighted by molar-refractivity contribution is 7.98. The monoisotopic (exact) mass is 432 g/mol. The Morgan fingerprint density at radius 3 is 2.74 bits per heavy atom. The molecule has 0 amide bonds. The number of ether oxygens (including phenoxy) is 3. The topological polar surface area (TPSA) is 62.6 Å². The van der Waals surface area contributed by atoms with Crippen LogP contribution in [0.2, 0.25) is 0 Å². The van der Waals surface area contributed by atoms with Crippen molar-refractivity contribution in [2.24, 2.45) is 0 Å². The Morgan fingerprint density at radius 1 is 1.03 bits per heavy atom. The molecule has 4 aromatic rings. The van der Waals surface area contributed by atoms with E-state index in [0.29, 0.717) is 28.4 Å². The third-order valence-electron chi connectivity index (χ3n) is 5.15. The molecule has 5 rings (SSSR count). The number of para-hydroxylation sites is 2. The van der Waals surface area contributed by atoms with Gasteiger partial charge in [-0.15, -0.1) is 0 Å². The van der Waals surface area contributed by atoms with Gasteiger partial charge in [-0.05, 0) is 35.9 Å². The van der Waals surface area contributed by atoms with E-state index in [-0.39, 0.29) is 12.4 Å². The minimum Gasteiger partial charge on any atom is -0.496 e. The standard InChI is InChI=1S/C24H20N2O4S/c1-28-20-9-5-2-6-17(20)13-26-23(27)18-7-3-4-8-19(18)25-24(26)31-14-16-10-11-21-22(12-16)30-15-29-21/h2-12H,13-15H2,1H3. The van der Waals surface area contributed by atoms with Crippen LogP contribution in [0.4, 0.5) is 0 Å². The summed E-state index contributed by atoms with van der Waals surface area (Å²) in [5.74, 6) is 2.89. The number of fused-ring (bicyclic) bond motifs is 2. The molecule has 0 aliphatic carbocycles. The van der Waals surface area contributed by atoms with Crippen LogP contribution < -0.4 is 19.8 Å². The normalized spacial score (nSPS) is 12.3. The summed E-state index contributed by atoms with van der Waals surface area (Å²) >= 11 is 1.52. The van der Waals surface area contributed by atoms with Gasteiger partial charge in [0.1, 0.15) is 5.75 Å². The average Bonchev–Trinajstić information content (AvgIpc) is 3.28. The molecule has 156 valence electrons. The molecule has 3 aromatic carbocycles.